The number of ether oxygens (including phenoxy) is 1. The molecule has 1 heterocycles. The molecule has 106 valence electrons. The van der Waals surface area contributed by atoms with Gasteiger partial charge in [0.15, 0.2) is 0 Å². The molecule has 0 amide bonds. The third kappa shape index (κ3) is 3.84. The SMILES string of the molecule is CCc1ccc(COc2cccc(CNC3CC3)c2)s1. The minimum absolute atomic E-state index is 0.671. The normalized spacial score (nSPS) is 14.4. The molecule has 0 spiro atoms. The van der Waals surface area contributed by atoms with Crippen molar-refractivity contribution in [2.45, 2.75) is 45.4 Å². The molecule has 1 aromatic carbocycles. The summed E-state index contributed by atoms with van der Waals surface area (Å²) in [4.78, 5) is 2.72. The van der Waals surface area contributed by atoms with Crippen molar-refractivity contribution in [1.29, 1.82) is 0 Å². The minimum Gasteiger partial charge on any atom is -0.488 e. The summed E-state index contributed by atoms with van der Waals surface area (Å²) in [6.07, 6.45) is 3.76. The van der Waals surface area contributed by atoms with E-state index in [0.29, 0.717) is 6.61 Å². The molecule has 1 aliphatic carbocycles. The maximum atomic E-state index is 5.90. The van der Waals surface area contributed by atoms with Crippen LogP contribution in [-0.2, 0) is 19.6 Å². The summed E-state index contributed by atoms with van der Waals surface area (Å²) in [7, 11) is 0. The molecule has 1 aromatic heterocycles. The van der Waals surface area contributed by atoms with Gasteiger partial charge in [0, 0.05) is 22.3 Å². The van der Waals surface area contributed by atoms with Gasteiger partial charge in [-0.25, -0.2) is 0 Å². The number of benzene rings is 1. The first-order valence-corrected chi connectivity index (χ1v) is 8.18. The Bertz CT molecular complexity index is 560. The molecule has 1 aliphatic rings. The van der Waals surface area contributed by atoms with Gasteiger partial charge in [-0.15, -0.1) is 11.3 Å². The summed E-state index contributed by atoms with van der Waals surface area (Å²) >= 11 is 1.84. The summed E-state index contributed by atoms with van der Waals surface area (Å²) in [5.41, 5.74) is 1.30. The van der Waals surface area contributed by atoms with Gasteiger partial charge in [-0.3, -0.25) is 0 Å². The van der Waals surface area contributed by atoms with Gasteiger partial charge in [-0.1, -0.05) is 19.1 Å². The summed E-state index contributed by atoms with van der Waals surface area (Å²) in [6.45, 7) is 3.80. The lowest BCUT2D eigenvalue weighted by Gasteiger charge is -2.08. The van der Waals surface area contributed by atoms with E-state index in [2.05, 4.69) is 42.6 Å². The molecule has 0 aliphatic heterocycles. The van der Waals surface area contributed by atoms with Gasteiger partial charge in [-0.05, 0) is 49.1 Å². The first-order valence-electron chi connectivity index (χ1n) is 7.36. The van der Waals surface area contributed by atoms with Gasteiger partial charge in [0.25, 0.3) is 0 Å². The Hall–Kier alpha value is -1.32. The van der Waals surface area contributed by atoms with Crippen LogP contribution in [0.25, 0.3) is 0 Å². The highest BCUT2D eigenvalue weighted by Crippen LogP contribution is 2.22. The second kappa shape index (κ2) is 6.42. The van der Waals surface area contributed by atoms with Crippen LogP contribution in [0.5, 0.6) is 5.75 Å². The molecular formula is C17H21NOS. The van der Waals surface area contributed by atoms with Crippen LogP contribution in [0.1, 0.15) is 35.1 Å². The molecule has 0 unspecified atom stereocenters. The van der Waals surface area contributed by atoms with E-state index in [0.717, 1.165) is 24.8 Å². The van der Waals surface area contributed by atoms with Crippen LogP contribution in [-0.4, -0.2) is 6.04 Å². The zero-order valence-corrected chi connectivity index (χ0v) is 12.7. The Labute approximate surface area is 124 Å². The van der Waals surface area contributed by atoms with Crippen LogP contribution in [0, 0.1) is 0 Å². The second-order valence-corrected chi connectivity index (χ2v) is 6.57. The third-order valence-electron chi connectivity index (χ3n) is 3.52. The number of hydrogen-bond acceptors (Lipinski definition) is 3. The van der Waals surface area contributed by atoms with Crippen LogP contribution in [0.15, 0.2) is 36.4 Å². The largest absolute Gasteiger partial charge is 0.488 e. The van der Waals surface area contributed by atoms with E-state index < -0.39 is 0 Å². The van der Waals surface area contributed by atoms with Gasteiger partial charge in [0.05, 0.1) is 0 Å². The third-order valence-corrected chi connectivity index (χ3v) is 4.72. The lowest BCUT2D eigenvalue weighted by Crippen LogP contribution is -2.15. The molecular weight excluding hydrogens is 266 g/mol. The van der Waals surface area contributed by atoms with Crippen molar-refractivity contribution in [2.24, 2.45) is 0 Å². The van der Waals surface area contributed by atoms with E-state index in [-0.39, 0.29) is 0 Å². The molecule has 1 saturated carbocycles. The quantitative estimate of drug-likeness (QED) is 0.826. The maximum absolute atomic E-state index is 5.90. The monoisotopic (exact) mass is 287 g/mol. The highest BCUT2D eigenvalue weighted by atomic mass is 32.1. The fourth-order valence-corrected chi connectivity index (χ4v) is 3.01. The zero-order chi connectivity index (χ0) is 13.8. The highest BCUT2D eigenvalue weighted by molar-refractivity contribution is 7.11. The molecule has 0 atom stereocenters. The van der Waals surface area contributed by atoms with Gasteiger partial charge >= 0.3 is 0 Å². The number of thiophene rings is 1. The van der Waals surface area contributed by atoms with Crippen LogP contribution in [0.4, 0.5) is 0 Å². The Morgan fingerprint density at radius 2 is 2.05 bits per heavy atom. The standard InChI is InChI=1S/C17H21NOS/c1-2-16-8-9-17(20-16)12-19-15-5-3-4-13(10-15)11-18-14-6-7-14/h3-5,8-10,14,18H,2,6-7,11-12H2,1H3. The molecule has 3 heteroatoms. The van der Waals surface area contributed by atoms with Crippen molar-refractivity contribution >= 4 is 11.3 Å². The smallest absolute Gasteiger partial charge is 0.122 e. The second-order valence-electron chi connectivity index (χ2n) is 5.31. The average Bonchev–Trinajstić information content (AvgIpc) is 3.20. The van der Waals surface area contributed by atoms with Crippen LogP contribution in [0.2, 0.25) is 0 Å². The van der Waals surface area contributed by atoms with Gasteiger partial charge < -0.3 is 10.1 Å². The highest BCUT2D eigenvalue weighted by Gasteiger charge is 2.19. The predicted molar refractivity (Wildman–Crippen MR) is 84.3 cm³/mol. The van der Waals surface area contributed by atoms with Crippen molar-refractivity contribution in [2.75, 3.05) is 0 Å². The molecule has 0 radical (unpaired) electrons. The minimum atomic E-state index is 0.671. The van der Waals surface area contributed by atoms with Crippen molar-refractivity contribution in [3.8, 4) is 5.75 Å². The summed E-state index contributed by atoms with van der Waals surface area (Å²) in [5, 5.41) is 3.53. The Morgan fingerprint density at radius 3 is 2.80 bits per heavy atom. The molecule has 2 nitrogen and oxygen atoms in total. The van der Waals surface area contributed by atoms with E-state index in [1.54, 1.807) is 0 Å². The molecule has 2 aromatic rings. The Kier molecular flexibility index (Phi) is 4.38. The molecule has 0 bridgehead atoms. The molecule has 1 fully saturated rings. The van der Waals surface area contributed by atoms with Crippen molar-refractivity contribution in [3.63, 3.8) is 0 Å². The van der Waals surface area contributed by atoms with Crippen LogP contribution in [0.3, 0.4) is 0 Å². The van der Waals surface area contributed by atoms with Gasteiger partial charge in [0.2, 0.25) is 0 Å². The van der Waals surface area contributed by atoms with Gasteiger partial charge in [0.1, 0.15) is 12.4 Å². The fraction of sp³-hybridized carbons (Fsp3) is 0.412. The van der Waals surface area contributed by atoms with Crippen molar-refractivity contribution in [1.82, 2.24) is 5.32 Å². The van der Waals surface area contributed by atoms with Crippen LogP contribution >= 0.6 is 11.3 Å². The van der Waals surface area contributed by atoms with Crippen molar-refractivity contribution in [3.05, 3.63) is 51.7 Å². The van der Waals surface area contributed by atoms with Crippen molar-refractivity contribution < 1.29 is 4.74 Å². The maximum Gasteiger partial charge on any atom is 0.122 e. The number of nitrogens with one attached hydrogen (secondary N) is 1. The van der Waals surface area contributed by atoms with E-state index in [1.807, 2.05) is 17.4 Å². The van der Waals surface area contributed by atoms with E-state index in [9.17, 15) is 0 Å². The first kappa shape index (κ1) is 13.7. The number of hydrogen-bond donors (Lipinski definition) is 1. The molecule has 20 heavy (non-hydrogen) atoms. The molecule has 1 N–H and O–H groups in total. The van der Waals surface area contributed by atoms with E-state index >= 15 is 0 Å². The Balaban J connectivity index is 1.54. The van der Waals surface area contributed by atoms with E-state index in [1.165, 1.54) is 28.2 Å². The van der Waals surface area contributed by atoms with Crippen LogP contribution < -0.4 is 10.1 Å². The average molecular weight is 287 g/mol. The Morgan fingerprint density at radius 1 is 1.20 bits per heavy atom. The zero-order valence-electron chi connectivity index (χ0n) is 11.9. The molecule has 0 saturated heterocycles. The number of rotatable bonds is 7. The van der Waals surface area contributed by atoms with Gasteiger partial charge in [-0.2, -0.15) is 0 Å². The lowest BCUT2D eigenvalue weighted by molar-refractivity contribution is 0.309. The topological polar surface area (TPSA) is 21.3 Å². The lowest BCUT2D eigenvalue weighted by atomic mass is 10.2. The summed E-state index contributed by atoms with van der Waals surface area (Å²) in [5.74, 6) is 0.964. The first-order chi connectivity index (χ1) is 9.83. The summed E-state index contributed by atoms with van der Waals surface area (Å²) < 4.78 is 5.90. The van der Waals surface area contributed by atoms with E-state index in [4.69, 9.17) is 4.74 Å². The predicted octanol–water partition coefficient (Wildman–Crippen LogP) is 4.14. The fourth-order valence-electron chi connectivity index (χ4n) is 2.14. The molecule has 3 rings (SSSR count). The summed E-state index contributed by atoms with van der Waals surface area (Å²) in [6, 6.07) is 13.5. The number of aryl methyl sites for hydroxylation is 1.